The van der Waals surface area contributed by atoms with Gasteiger partial charge in [0, 0.05) is 24.7 Å². The van der Waals surface area contributed by atoms with Crippen LogP contribution >= 0.6 is 12.4 Å². The summed E-state index contributed by atoms with van der Waals surface area (Å²) in [5.74, 6) is 0.847. The molecule has 5 nitrogen and oxygen atoms in total. The van der Waals surface area contributed by atoms with Crippen molar-refractivity contribution in [3.63, 3.8) is 0 Å². The number of sulfonamides is 1. The zero-order valence-corrected chi connectivity index (χ0v) is 17.1. The largest absolute Gasteiger partial charge is 0.496 e. The average Bonchev–Trinajstić information content (AvgIpc) is 3.33. The fourth-order valence-corrected chi connectivity index (χ4v) is 6.56. The first-order chi connectivity index (χ1) is 12.1. The summed E-state index contributed by atoms with van der Waals surface area (Å²) in [6.45, 7) is 3.45. The van der Waals surface area contributed by atoms with Crippen LogP contribution in [0.4, 0.5) is 0 Å². The van der Waals surface area contributed by atoms with Gasteiger partial charge in [0.15, 0.2) is 0 Å². The highest BCUT2D eigenvalue weighted by Crippen LogP contribution is 2.44. The Labute approximate surface area is 163 Å². The minimum atomic E-state index is -3.42. The van der Waals surface area contributed by atoms with Crippen LogP contribution < -0.4 is 4.74 Å². The highest BCUT2D eigenvalue weighted by Gasteiger charge is 2.37. The van der Waals surface area contributed by atoms with Crippen molar-refractivity contribution in [1.29, 1.82) is 0 Å². The van der Waals surface area contributed by atoms with Crippen LogP contribution in [0.15, 0.2) is 17.0 Å². The number of fused-ring (bicyclic) bond motifs is 1. The fraction of sp³-hybridized carbons (Fsp3) is 0.684. The third-order valence-corrected chi connectivity index (χ3v) is 7.95. The Morgan fingerprint density at radius 1 is 1.00 bits per heavy atom. The third kappa shape index (κ3) is 3.37. The number of rotatable bonds is 4. The summed E-state index contributed by atoms with van der Waals surface area (Å²) in [5, 5.41) is 0. The molecule has 1 unspecified atom stereocenters. The molecule has 1 aromatic rings. The summed E-state index contributed by atoms with van der Waals surface area (Å²) in [6, 6.07) is 3.86. The summed E-state index contributed by atoms with van der Waals surface area (Å²) in [7, 11) is -1.73. The van der Waals surface area contributed by atoms with E-state index in [1.165, 1.54) is 12.8 Å². The van der Waals surface area contributed by atoms with E-state index in [1.807, 2.05) is 6.07 Å². The molecular formula is C19H29ClN2O3S. The molecule has 0 aromatic heterocycles. The van der Waals surface area contributed by atoms with E-state index in [0.717, 1.165) is 62.1 Å². The van der Waals surface area contributed by atoms with Gasteiger partial charge in [-0.2, -0.15) is 4.31 Å². The van der Waals surface area contributed by atoms with Gasteiger partial charge in [0.25, 0.3) is 0 Å². The molecule has 0 bridgehead atoms. The second-order valence-electron chi connectivity index (χ2n) is 7.42. The van der Waals surface area contributed by atoms with E-state index in [2.05, 4.69) is 4.90 Å². The Hall–Kier alpha value is -0.820. The van der Waals surface area contributed by atoms with Crippen molar-refractivity contribution in [2.24, 2.45) is 0 Å². The lowest BCUT2D eigenvalue weighted by molar-refractivity contribution is 0.216. The van der Waals surface area contributed by atoms with E-state index in [4.69, 9.17) is 4.74 Å². The molecule has 1 aromatic carbocycles. The predicted molar refractivity (Wildman–Crippen MR) is 105 cm³/mol. The molecule has 146 valence electrons. The number of methoxy groups -OCH3 is 1. The van der Waals surface area contributed by atoms with Crippen molar-refractivity contribution in [3.05, 3.63) is 23.3 Å². The highest BCUT2D eigenvalue weighted by molar-refractivity contribution is 7.89. The lowest BCUT2D eigenvalue weighted by Crippen LogP contribution is -2.34. The van der Waals surface area contributed by atoms with Gasteiger partial charge in [-0.1, -0.05) is 0 Å². The monoisotopic (exact) mass is 400 g/mol. The van der Waals surface area contributed by atoms with Gasteiger partial charge in [0.2, 0.25) is 10.0 Å². The third-order valence-electron chi connectivity index (χ3n) is 6.00. The lowest BCUT2D eigenvalue weighted by Gasteiger charge is -2.35. The lowest BCUT2D eigenvalue weighted by atomic mass is 9.86. The number of hydrogen-bond acceptors (Lipinski definition) is 4. The van der Waals surface area contributed by atoms with E-state index < -0.39 is 10.0 Å². The molecule has 0 spiro atoms. The van der Waals surface area contributed by atoms with Crippen molar-refractivity contribution in [2.75, 3.05) is 33.3 Å². The van der Waals surface area contributed by atoms with Crippen LogP contribution in [-0.4, -0.2) is 50.9 Å². The Balaban J connectivity index is 0.00000196. The maximum atomic E-state index is 13.3. The minimum absolute atomic E-state index is 0. The second kappa shape index (κ2) is 8.05. The standard InChI is InChI=1S/C19H28N2O3S.ClH/c1-24-17-9-10-18(25(22,23)21-13-4-5-14-21)19-15(17)7-6-8-16(19)20-11-2-3-12-20;/h9-10,16H,2-8,11-14H2,1H3;1H. The van der Waals surface area contributed by atoms with Crippen LogP contribution in [0.2, 0.25) is 0 Å². The van der Waals surface area contributed by atoms with Gasteiger partial charge in [-0.25, -0.2) is 8.42 Å². The summed E-state index contributed by atoms with van der Waals surface area (Å²) in [5.41, 5.74) is 2.14. The first kappa shape index (κ1) is 19.9. The normalized spacial score (nSPS) is 24.3. The van der Waals surface area contributed by atoms with E-state index in [-0.39, 0.29) is 18.4 Å². The molecular weight excluding hydrogens is 372 g/mol. The summed E-state index contributed by atoms with van der Waals surface area (Å²) in [4.78, 5) is 3.02. The van der Waals surface area contributed by atoms with Crippen LogP contribution in [0.25, 0.3) is 0 Å². The Kier molecular flexibility index (Phi) is 6.17. The molecule has 1 aliphatic carbocycles. The quantitative estimate of drug-likeness (QED) is 0.777. The predicted octanol–water partition coefficient (Wildman–Crippen LogP) is 3.37. The summed E-state index contributed by atoms with van der Waals surface area (Å²) in [6.07, 6.45) is 7.40. The molecule has 0 amide bonds. The number of hydrogen-bond donors (Lipinski definition) is 0. The molecule has 2 aliphatic heterocycles. The first-order valence-corrected chi connectivity index (χ1v) is 11.0. The van der Waals surface area contributed by atoms with Crippen molar-refractivity contribution in [1.82, 2.24) is 9.21 Å². The van der Waals surface area contributed by atoms with Gasteiger partial charge >= 0.3 is 0 Å². The Morgan fingerprint density at radius 2 is 1.65 bits per heavy atom. The molecule has 1 atom stereocenters. The zero-order chi connectivity index (χ0) is 17.4. The first-order valence-electron chi connectivity index (χ1n) is 9.57. The van der Waals surface area contributed by atoms with Gasteiger partial charge < -0.3 is 4.74 Å². The van der Waals surface area contributed by atoms with Crippen LogP contribution in [0.5, 0.6) is 5.75 Å². The van der Waals surface area contributed by atoms with Crippen LogP contribution in [0, 0.1) is 0 Å². The number of nitrogens with zero attached hydrogens (tertiary/aromatic N) is 2. The molecule has 26 heavy (non-hydrogen) atoms. The number of likely N-dealkylation sites (tertiary alicyclic amines) is 1. The average molecular weight is 401 g/mol. The Morgan fingerprint density at radius 3 is 2.31 bits per heavy atom. The van der Waals surface area contributed by atoms with Gasteiger partial charge in [-0.15, -0.1) is 12.4 Å². The highest BCUT2D eigenvalue weighted by atomic mass is 35.5. The molecule has 2 saturated heterocycles. The van der Waals surface area contributed by atoms with Crippen LogP contribution in [0.3, 0.4) is 0 Å². The van der Waals surface area contributed by atoms with Gasteiger partial charge in [0.05, 0.1) is 12.0 Å². The summed E-state index contributed by atoms with van der Waals surface area (Å²) >= 11 is 0. The van der Waals surface area contributed by atoms with Gasteiger partial charge in [-0.3, -0.25) is 4.90 Å². The van der Waals surface area contributed by atoms with E-state index in [0.29, 0.717) is 18.0 Å². The zero-order valence-electron chi connectivity index (χ0n) is 15.4. The van der Waals surface area contributed by atoms with E-state index in [9.17, 15) is 8.42 Å². The second-order valence-corrected chi connectivity index (χ2v) is 9.33. The molecule has 4 rings (SSSR count). The number of ether oxygens (including phenoxy) is 1. The Bertz CT molecular complexity index is 741. The smallest absolute Gasteiger partial charge is 0.243 e. The fourth-order valence-electron chi connectivity index (χ4n) is 4.77. The molecule has 3 aliphatic rings. The van der Waals surface area contributed by atoms with Crippen molar-refractivity contribution in [2.45, 2.75) is 55.9 Å². The van der Waals surface area contributed by atoms with Crippen molar-refractivity contribution < 1.29 is 13.2 Å². The molecule has 0 radical (unpaired) electrons. The topological polar surface area (TPSA) is 49.9 Å². The minimum Gasteiger partial charge on any atom is -0.496 e. The molecule has 0 N–H and O–H groups in total. The molecule has 2 heterocycles. The maximum absolute atomic E-state index is 13.3. The SMILES string of the molecule is COc1ccc(S(=O)(=O)N2CCCC2)c2c1CCCC2N1CCCC1.Cl. The summed E-state index contributed by atoms with van der Waals surface area (Å²) < 4.78 is 33.9. The van der Waals surface area contributed by atoms with E-state index in [1.54, 1.807) is 17.5 Å². The molecule has 0 saturated carbocycles. The number of benzene rings is 1. The van der Waals surface area contributed by atoms with Gasteiger partial charge in [0.1, 0.15) is 5.75 Å². The van der Waals surface area contributed by atoms with Gasteiger partial charge in [-0.05, 0) is 75.7 Å². The van der Waals surface area contributed by atoms with Crippen LogP contribution in [0.1, 0.15) is 55.7 Å². The maximum Gasteiger partial charge on any atom is 0.243 e. The van der Waals surface area contributed by atoms with E-state index >= 15 is 0 Å². The van der Waals surface area contributed by atoms with Crippen molar-refractivity contribution >= 4 is 22.4 Å². The van der Waals surface area contributed by atoms with Crippen molar-refractivity contribution in [3.8, 4) is 5.75 Å². The molecule has 2 fully saturated rings. The van der Waals surface area contributed by atoms with Crippen LogP contribution in [-0.2, 0) is 16.4 Å². The molecule has 7 heteroatoms. The number of halogens is 1.